The molecule has 4 rings (SSSR count). The third-order valence-electron chi connectivity index (χ3n) is 3.85. The van der Waals surface area contributed by atoms with Gasteiger partial charge in [-0.25, -0.2) is 9.97 Å². The number of anilines is 3. The van der Waals surface area contributed by atoms with E-state index in [4.69, 9.17) is 17.3 Å². The minimum Gasteiger partial charge on any atom is -0.393 e. The predicted octanol–water partition coefficient (Wildman–Crippen LogP) is 3.50. The summed E-state index contributed by atoms with van der Waals surface area (Å²) < 4.78 is 1.60. The van der Waals surface area contributed by atoms with Crippen LogP contribution >= 0.6 is 11.6 Å². The van der Waals surface area contributed by atoms with E-state index in [1.807, 2.05) is 49.4 Å². The Bertz CT molecular complexity index is 1070. The Morgan fingerprint density at radius 3 is 2.80 bits per heavy atom. The van der Waals surface area contributed by atoms with Gasteiger partial charge in [0.15, 0.2) is 11.6 Å². The minimum absolute atomic E-state index is 0.370. The van der Waals surface area contributed by atoms with E-state index < -0.39 is 0 Å². The molecule has 0 aliphatic carbocycles. The number of aromatic nitrogens is 5. The molecule has 0 bridgehead atoms. The second-order valence-electron chi connectivity index (χ2n) is 5.54. The van der Waals surface area contributed by atoms with Gasteiger partial charge in [-0.3, -0.25) is 0 Å². The highest BCUT2D eigenvalue weighted by Crippen LogP contribution is 2.28. The van der Waals surface area contributed by atoms with Crippen molar-refractivity contribution in [1.82, 2.24) is 25.0 Å². The molecule has 2 aromatic heterocycles. The van der Waals surface area contributed by atoms with Crippen molar-refractivity contribution >= 4 is 39.8 Å². The van der Waals surface area contributed by atoms with Crippen molar-refractivity contribution in [1.29, 1.82) is 0 Å². The molecule has 0 saturated heterocycles. The maximum Gasteiger partial charge on any atom is 0.184 e. The summed E-state index contributed by atoms with van der Waals surface area (Å²) in [4.78, 5) is 8.49. The van der Waals surface area contributed by atoms with Crippen LogP contribution in [0.5, 0.6) is 0 Å². The van der Waals surface area contributed by atoms with Crippen LogP contribution in [0, 0.1) is 6.92 Å². The van der Waals surface area contributed by atoms with Gasteiger partial charge in [-0.15, -0.1) is 5.10 Å². The first-order valence-corrected chi connectivity index (χ1v) is 7.96. The van der Waals surface area contributed by atoms with E-state index in [2.05, 4.69) is 25.6 Å². The fourth-order valence-electron chi connectivity index (χ4n) is 2.49. The summed E-state index contributed by atoms with van der Waals surface area (Å²) in [6.07, 6.45) is 1.43. The SMILES string of the molecule is Cc1ccc(Nc2ncnc(-n3nnc4ccccc43)c2N)cc1Cl. The lowest BCUT2D eigenvalue weighted by Gasteiger charge is -2.12. The molecule has 0 spiro atoms. The van der Waals surface area contributed by atoms with Crippen LogP contribution in [0.4, 0.5) is 17.2 Å². The summed E-state index contributed by atoms with van der Waals surface area (Å²) in [7, 11) is 0. The smallest absolute Gasteiger partial charge is 0.184 e. The van der Waals surface area contributed by atoms with Crippen LogP contribution in [-0.2, 0) is 0 Å². The quantitative estimate of drug-likeness (QED) is 0.586. The van der Waals surface area contributed by atoms with Gasteiger partial charge in [0.2, 0.25) is 0 Å². The van der Waals surface area contributed by atoms with Gasteiger partial charge in [0.05, 0.1) is 5.52 Å². The predicted molar refractivity (Wildman–Crippen MR) is 98.3 cm³/mol. The fraction of sp³-hybridized carbons (Fsp3) is 0.0588. The molecule has 0 aliphatic heterocycles. The van der Waals surface area contributed by atoms with Crippen LogP contribution in [0.25, 0.3) is 16.9 Å². The zero-order valence-electron chi connectivity index (χ0n) is 13.3. The van der Waals surface area contributed by atoms with Crippen molar-refractivity contribution in [3.8, 4) is 5.82 Å². The number of fused-ring (bicyclic) bond motifs is 1. The first-order valence-electron chi connectivity index (χ1n) is 7.58. The first kappa shape index (κ1) is 15.3. The number of nitrogens with zero attached hydrogens (tertiary/aromatic N) is 5. The molecule has 0 amide bonds. The van der Waals surface area contributed by atoms with Crippen LogP contribution in [0.1, 0.15) is 5.56 Å². The second kappa shape index (κ2) is 6.03. The summed E-state index contributed by atoms with van der Waals surface area (Å²) in [6, 6.07) is 13.3. The Hall–Kier alpha value is -3.19. The molecule has 25 heavy (non-hydrogen) atoms. The third kappa shape index (κ3) is 2.74. The molecule has 3 N–H and O–H groups in total. The lowest BCUT2D eigenvalue weighted by atomic mass is 10.2. The standard InChI is InChI=1S/C17H14ClN7/c1-10-6-7-11(8-12(10)18)22-16-15(19)17(21-9-20-16)25-14-5-3-2-4-13(14)23-24-25/h2-9H,19H2,1H3,(H,20,21,22). The van der Waals surface area contributed by atoms with Crippen LogP contribution < -0.4 is 11.1 Å². The number of halogens is 1. The molecule has 0 saturated carbocycles. The van der Waals surface area contributed by atoms with Gasteiger partial charge in [0.25, 0.3) is 0 Å². The summed E-state index contributed by atoms with van der Waals surface area (Å²) in [5.74, 6) is 0.939. The molecule has 0 radical (unpaired) electrons. The molecule has 124 valence electrons. The molecule has 0 fully saturated rings. The summed E-state index contributed by atoms with van der Waals surface area (Å²) >= 11 is 6.17. The molecule has 7 nitrogen and oxygen atoms in total. The number of hydrogen-bond donors (Lipinski definition) is 2. The molecule has 2 aromatic carbocycles. The highest BCUT2D eigenvalue weighted by molar-refractivity contribution is 6.31. The largest absolute Gasteiger partial charge is 0.393 e. The molecule has 2 heterocycles. The maximum absolute atomic E-state index is 6.27. The zero-order chi connectivity index (χ0) is 17.4. The number of para-hydroxylation sites is 1. The second-order valence-corrected chi connectivity index (χ2v) is 5.95. The van der Waals surface area contributed by atoms with Gasteiger partial charge >= 0.3 is 0 Å². The van der Waals surface area contributed by atoms with Crippen molar-refractivity contribution < 1.29 is 0 Å². The number of nitrogens with two attached hydrogens (primary N) is 1. The molecular formula is C17H14ClN7. The Morgan fingerprint density at radius 2 is 1.96 bits per heavy atom. The molecule has 0 atom stereocenters. The highest BCUT2D eigenvalue weighted by Gasteiger charge is 2.14. The van der Waals surface area contributed by atoms with Gasteiger partial charge in [0, 0.05) is 10.7 Å². The Labute approximate surface area is 148 Å². The Balaban J connectivity index is 1.76. The summed E-state index contributed by atoms with van der Waals surface area (Å²) in [5.41, 5.74) is 10.0. The third-order valence-corrected chi connectivity index (χ3v) is 4.26. The van der Waals surface area contributed by atoms with Gasteiger partial charge in [0.1, 0.15) is 17.5 Å². The minimum atomic E-state index is 0.370. The van der Waals surface area contributed by atoms with Crippen LogP contribution in [0.3, 0.4) is 0 Å². The van der Waals surface area contributed by atoms with Crippen molar-refractivity contribution in [3.05, 3.63) is 59.4 Å². The topological polar surface area (TPSA) is 94.5 Å². The van der Waals surface area contributed by atoms with Gasteiger partial charge < -0.3 is 11.1 Å². The van der Waals surface area contributed by atoms with Crippen molar-refractivity contribution in [2.75, 3.05) is 11.1 Å². The first-order chi connectivity index (χ1) is 12.1. The van der Waals surface area contributed by atoms with Crippen LogP contribution in [0.15, 0.2) is 48.8 Å². The number of rotatable bonds is 3. The highest BCUT2D eigenvalue weighted by atomic mass is 35.5. The van der Waals surface area contributed by atoms with Gasteiger partial charge in [-0.2, -0.15) is 4.68 Å². The van der Waals surface area contributed by atoms with E-state index in [-0.39, 0.29) is 0 Å². The zero-order valence-corrected chi connectivity index (χ0v) is 14.1. The molecule has 0 unspecified atom stereocenters. The monoisotopic (exact) mass is 351 g/mol. The molecule has 8 heteroatoms. The lowest BCUT2D eigenvalue weighted by molar-refractivity contribution is 0.800. The number of nitrogen functional groups attached to an aromatic ring is 1. The maximum atomic E-state index is 6.27. The van der Waals surface area contributed by atoms with E-state index in [1.54, 1.807) is 4.68 Å². The summed E-state index contributed by atoms with van der Waals surface area (Å²) in [6.45, 7) is 1.94. The average Bonchev–Trinajstić information content (AvgIpc) is 3.04. The lowest BCUT2D eigenvalue weighted by Crippen LogP contribution is -2.08. The van der Waals surface area contributed by atoms with Crippen LogP contribution in [-0.4, -0.2) is 25.0 Å². The van der Waals surface area contributed by atoms with Gasteiger partial charge in [-0.05, 0) is 36.8 Å². The van der Waals surface area contributed by atoms with E-state index in [0.29, 0.717) is 22.3 Å². The Morgan fingerprint density at radius 1 is 1.12 bits per heavy atom. The number of benzene rings is 2. The fourth-order valence-corrected chi connectivity index (χ4v) is 2.67. The normalized spacial score (nSPS) is 11.0. The molecular weight excluding hydrogens is 338 g/mol. The van der Waals surface area contributed by atoms with Crippen molar-refractivity contribution in [3.63, 3.8) is 0 Å². The van der Waals surface area contributed by atoms with Crippen LogP contribution in [0.2, 0.25) is 5.02 Å². The Kier molecular flexibility index (Phi) is 3.70. The van der Waals surface area contributed by atoms with E-state index in [1.165, 1.54) is 6.33 Å². The van der Waals surface area contributed by atoms with Crippen molar-refractivity contribution in [2.24, 2.45) is 0 Å². The van der Waals surface area contributed by atoms with E-state index in [0.717, 1.165) is 22.3 Å². The molecule has 0 aliphatic rings. The number of hydrogen-bond acceptors (Lipinski definition) is 6. The molecule has 4 aromatic rings. The van der Waals surface area contributed by atoms with E-state index >= 15 is 0 Å². The van der Waals surface area contributed by atoms with E-state index in [9.17, 15) is 0 Å². The average molecular weight is 352 g/mol. The van der Waals surface area contributed by atoms with Gasteiger partial charge in [-0.1, -0.05) is 35.0 Å². The summed E-state index contributed by atoms with van der Waals surface area (Å²) in [5, 5.41) is 12.1. The number of nitrogens with one attached hydrogen (secondary N) is 1. The number of aryl methyl sites for hydroxylation is 1. The van der Waals surface area contributed by atoms with Crippen molar-refractivity contribution in [2.45, 2.75) is 6.92 Å².